The molecule has 7 heteroatoms. The van der Waals surface area contributed by atoms with E-state index in [1.54, 1.807) is 24.3 Å². The third kappa shape index (κ3) is 4.86. The van der Waals surface area contributed by atoms with Gasteiger partial charge in [0.2, 0.25) is 5.91 Å². The molecule has 0 saturated carbocycles. The number of nitrogens with zero attached hydrogens (tertiary/aromatic N) is 1. The minimum atomic E-state index is -0.277. The van der Waals surface area contributed by atoms with Gasteiger partial charge in [0, 0.05) is 37.3 Å². The minimum Gasteiger partial charge on any atom is -0.379 e. The molecule has 30 heavy (non-hydrogen) atoms. The first-order valence-electron chi connectivity index (χ1n) is 10.4. The molecular weight excluding hydrogens is 385 g/mol. The lowest BCUT2D eigenvalue weighted by molar-refractivity contribution is -0.116. The summed E-state index contributed by atoms with van der Waals surface area (Å²) in [7, 11) is 0. The summed E-state index contributed by atoms with van der Waals surface area (Å²) in [5.41, 5.74) is 3.30. The number of anilines is 1. The van der Waals surface area contributed by atoms with E-state index >= 15 is 0 Å². The van der Waals surface area contributed by atoms with Crippen molar-refractivity contribution in [1.82, 2.24) is 10.2 Å². The Kier molecular flexibility index (Phi) is 6.40. The molecule has 2 amide bonds. The highest BCUT2D eigenvalue weighted by atomic mass is 19.1. The largest absolute Gasteiger partial charge is 0.379 e. The van der Waals surface area contributed by atoms with Crippen LogP contribution in [0.2, 0.25) is 0 Å². The van der Waals surface area contributed by atoms with Gasteiger partial charge in [0.25, 0.3) is 5.91 Å². The van der Waals surface area contributed by atoms with E-state index in [1.807, 2.05) is 6.07 Å². The summed E-state index contributed by atoms with van der Waals surface area (Å²) in [6.45, 7) is 3.22. The zero-order valence-electron chi connectivity index (χ0n) is 16.8. The average Bonchev–Trinajstić information content (AvgIpc) is 2.95. The Balaban J connectivity index is 1.47. The molecule has 2 aromatic rings. The molecule has 4 rings (SSSR count). The number of nitrogens with one attached hydrogen (secondary N) is 2. The first-order valence-corrected chi connectivity index (χ1v) is 10.4. The van der Waals surface area contributed by atoms with Crippen LogP contribution in [0.5, 0.6) is 0 Å². The maximum atomic E-state index is 13.4. The highest BCUT2D eigenvalue weighted by Gasteiger charge is 2.24. The van der Waals surface area contributed by atoms with Crippen molar-refractivity contribution in [2.75, 3.05) is 38.2 Å². The van der Waals surface area contributed by atoms with Crippen LogP contribution in [0.3, 0.4) is 0 Å². The molecule has 1 saturated heterocycles. The molecule has 2 heterocycles. The predicted octanol–water partition coefficient (Wildman–Crippen LogP) is 2.90. The van der Waals surface area contributed by atoms with Crippen molar-refractivity contribution in [3.05, 3.63) is 65.0 Å². The molecule has 0 spiro atoms. The van der Waals surface area contributed by atoms with E-state index in [0.29, 0.717) is 31.7 Å². The van der Waals surface area contributed by atoms with Crippen LogP contribution in [-0.2, 0) is 16.0 Å². The van der Waals surface area contributed by atoms with Crippen molar-refractivity contribution >= 4 is 17.5 Å². The zero-order valence-corrected chi connectivity index (χ0v) is 16.8. The zero-order chi connectivity index (χ0) is 20.9. The van der Waals surface area contributed by atoms with Crippen molar-refractivity contribution in [2.45, 2.75) is 25.3 Å². The number of hydrogen-bond donors (Lipinski definition) is 2. The molecular formula is C23H26FN3O3. The standard InChI is InChI=1S/C23H26FN3O3/c24-19-7-4-16(5-8-19)21(27-10-12-30-13-11-27)15-25-23(29)18-6-9-20-17(14-18)2-1-3-22(28)26-20/h4-9,14,21H,1-3,10-13,15H2,(H,25,29)(H,26,28). The monoisotopic (exact) mass is 411 g/mol. The van der Waals surface area contributed by atoms with Crippen LogP contribution < -0.4 is 10.6 Å². The van der Waals surface area contributed by atoms with Gasteiger partial charge >= 0.3 is 0 Å². The fourth-order valence-corrected chi connectivity index (χ4v) is 4.04. The molecule has 0 aromatic heterocycles. The normalized spacial score (nSPS) is 18.1. The lowest BCUT2D eigenvalue weighted by atomic mass is 10.0. The van der Waals surface area contributed by atoms with E-state index in [1.165, 1.54) is 12.1 Å². The van der Waals surface area contributed by atoms with Gasteiger partial charge in [-0.05, 0) is 54.3 Å². The lowest BCUT2D eigenvalue weighted by Gasteiger charge is -2.35. The maximum Gasteiger partial charge on any atom is 0.251 e. The Labute approximate surface area is 175 Å². The molecule has 1 fully saturated rings. The van der Waals surface area contributed by atoms with Gasteiger partial charge in [0.05, 0.1) is 19.3 Å². The van der Waals surface area contributed by atoms with Crippen LogP contribution in [0.4, 0.5) is 10.1 Å². The highest BCUT2D eigenvalue weighted by molar-refractivity contribution is 5.97. The second kappa shape index (κ2) is 9.36. The number of morpholine rings is 1. The summed E-state index contributed by atoms with van der Waals surface area (Å²) < 4.78 is 18.8. The molecule has 2 aliphatic heterocycles. The van der Waals surface area contributed by atoms with Gasteiger partial charge in [0.1, 0.15) is 5.82 Å². The average molecular weight is 411 g/mol. The van der Waals surface area contributed by atoms with Gasteiger partial charge in [0.15, 0.2) is 0 Å². The van der Waals surface area contributed by atoms with Gasteiger partial charge in [-0.1, -0.05) is 12.1 Å². The fraction of sp³-hybridized carbons (Fsp3) is 0.391. The number of carbonyl (C=O) groups excluding carboxylic acids is 2. The number of fused-ring (bicyclic) bond motifs is 1. The van der Waals surface area contributed by atoms with Gasteiger partial charge in [-0.15, -0.1) is 0 Å². The van der Waals surface area contributed by atoms with E-state index in [-0.39, 0.29) is 23.7 Å². The first kappa shape index (κ1) is 20.5. The Hall–Kier alpha value is -2.77. The van der Waals surface area contributed by atoms with Crippen molar-refractivity contribution in [3.8, 4) is 0 Å². The summed E-state index contributed by atoms with van der Waals surface area (Å²) in [6, 6.07) is 11.8. The van der Waals surface area contributed by atoms with Crippen LogP contribution in [0.1, 0.15) is 40.4 Å². The summed E-state index contributed by atoms with van der Waals surface area (Å²) in [6.07, 6.45) is 2.03. The number of hydrogen-bond acceptors (Lipinski definition) is 4. The second-order valence-electron chi connectivity index (χ2n) is 7.70. The SMILES string of the molecule is O=C1CCCc2cc(C(=O)NCC(c3ccc(F)cc3)N3CCOCC3)ccc2N1. The van der Waals surface area contributed by atoms with Crippen LogP contribution >= 0.6 is 0 Å². The molecule has 2 aromatic carbocycles. The number of amides is 2. The lowest BCUT2D eigenvalue weighted by Crippen LogP contribution is -2.43. The number of rotatable bonds is 5. The molecule has 158 valence electrons. The smallest absolute Gasteiger partial charge is 0.251 e. The summed E-state index contributed by atoms with van der Waals surface area (Å²) in [5, 5.41) is 5.93. The molecule has 2 N–H and O–H groups in total. The van der Waals surface area contributed by atoms with Gasteiger partial charge in [-0.2, -0.15) is 0 Å². The molecule has 1 unspecified atom stereocenters. The van der Waals surface area contributed by atoms with Crippen LogP contribution in [0, 0.1) is 5.82 Å². The van der Waals surface area contributed by atoms with Gasteiger partial charge in [-0.3, -0.25) is 14.5 Å². The van der Waals surface area contributed by atoms with E-state index in [0.717, 1.165) is 42.7 Å². The van der Waals surface area contributed by atoms with Crippen LogP contribution in [-0.4, -0.2) is 49.6 Å². The van der Waals surface area contributed by atoms with Crippen molar-refractivity contribution < 1.29 is 18.7 Å². The third-order valence-electron chi connectivity index (χ3n) is 5.69. The topological polar surface area (TPSA) is 70.7 Å². The van der Waals surface area contributed by atoms with Crippen molar-refractivity contribution in [2.24, 2.45) is 0 Å². The van der Waals surface area contributed by atoms with Crippen LogP contribution in [0.25, 0.3) is 0 Å². The highest BCUT2D eigenvalue weighted by Crippen LogP contribution is 2.24. The first-order chi connectivity index (χ1) is 14.6. The molecule has 0 aliphatic carbocycles. The van der Waals surface area contributed by atoms with Crippen LogP contribution in [0.15, 0.2) is 42.5 Å². The second-order valence-corrected chi connectivity index (χ2v) is 7.70. The number of carbonyl (C=O) groups is 2. The van der Waals surface area contributed by atoms with Gasteiger partial charge < -0.3 is 15.4 Å². The summed E-state index contributed by atoms with van der Waals surface area (Å²) in [5.74, 6) is -0.423. The summed E-state index contributed by atoms with van der Waals surface area (Å²) >= 11 is 0. The molecule has 2 aliphatic rings. The number of aryl methyl sites for hydroxylation is 1. The fourth-order valence-electron chi connectivity index (χ4n) is 4.04. The third-order valence-corrected chi connectivity index (χ3v) is 5.69. The van der Waals surface area contributed by atoms with E-state index in [4.69, 9.17) is 4.74 Å². The molecule has 6 nitrogen and oxygen atoms in total. The van der Waals surface area contributed by atoms with Crippen molar-refractivity contribution in [1.29, 1.82) is 0 Å². The Morgan fingerprint density at radius 3 is 2.67 bits per heavy atom. The molecule has 1 atom stereocenters. The predicted molar refractivity (Wildman–Crippen MR) is 112 cm³/mol. The maximum absolute atomic E-state index is 13.4. The summed E-state index contributed by atoms with van der Waals surface area (Å²) in [4.78, 5) is 26.8. The Morgan fingerprint density at radius 1 is 1.13 bits per heavy atom. The Morgan fingerprint density at radius 2 is 1.90 bits per heavy atom. The number of ether oxygens (including phenoxy) is 1. The molecule has 0 radical (unpaired) electrons. The quantitative estimate of drug-likeness (QED) is 0.794. The van der Waals surface area contributed by atoms with E-state index < -0.39 is 0 Å². The van der Waals surface area contributed by atoms with E-state index in [9.17, 15) is 14.0 Å². The molecule has 0 bridgehead atoms. The number of benzene rings is 2. The minimum absolute atomic E-state index is 0.0126. The Bertz CT molecular complexity index is 910. The van der Waals surface area contributed by atoms with E-state index in [2.05, 4.69) is 15.5 Å². The van der Waals surface area contributed by atoms with Gasteiger partial charge in [-0.25, -0.2) is 4.39 Å². The number of halogens is 1. The van der Waals surface area contributed by atoms with Crippen molar-refractivity contribution in [3.63, 3.8) is 0 Å².